The van der Waals surface area contributed by atoms with Crippen LogP contribution in [0.5, 0.6) is 0 Å². The Morgan fingerprint density at radius 3 is 1.27 bits per heavy atom. The molecule has 0 aromatic rings. The maximum Gasteiger partial charge on any atom is 0.335 e. The molecular weight excluding hydrogens is 997 g/mol. The first-order valence-corrected chi connectivity index (χ1v) is 32.3. The zero-order valence-corrected chi connectivity index (χ0v) is 50.4. The molecule has 0 bridgehead atoms. The van der Waals surface area contributed by atoms with E-state index in [1.807, 2.05) is 12.2 Å². The first-order valence-electron chi connectivity index (χ1n) is 32.3. The minimum absolute atomic E-state index is 0.0426. The van der Waals surface area contributed by atoms with Gasteiger partial charge in [-0.15, -0.1) is 0 Å². The molecule has 0 spiro atoms. The second-order valence-corrected chi connectivity index (χ2v) is 22.0. The summed E-state index contributed by atoms with van der Waals surface area (Å²) < 4.78 is 28.4. The van der Waals surface area contributed by atoms with Gasteiger partial charge in [-0.3, -0.25) is 14.4 Å². The van der Waals surface area contributed by atoms with Crippen LogP contribution in [0.4, 0.5) is 0 Å². The predicted octanol–water partition coefficient (Wildman–Crippen LogP) is 17.1. The Labute approximate surface area is 481 Å². The van der Waals surface area contributed by atoms with Crippen molar-refractivity contribution >= 4 is 23.9 Å². The van der Waals surface area contributed by atoms with Crippen LogP contribution in [0.15, 0.2) is 60.8 Å². The molecule has 0 aromatic heterocycles. The molecule has 12 heteroatoms. The number of aliphatic hydroxyl groups excluding tert-OH is 2. The number of carbonyl (C=O) groups is 4. The summed E-state index contributed by atoms with van der Waals surface area (Å²) in [6.07, 6.45) is 56.3. The standard InChI is InChI=1S/C67H116O12/c1-4-7-10-13-16-19-22-25-27-29-30-32-33-36-38-41-44-47-50-53-59(68)75-56-58(77-60(69)54-51-48-45-42-39-35-24-21-18-15-12-9-6-3)57-76-67-65(63(72)62(71)64(79-67)66(73)74)78-61(70)55-52-49-46-43-40-37-34-31-28-26-23-20-17-14-11-8-5-2/h9,12,18,21,25,27,35,39,45,48,58,62-65,67,71-72H,4-8,10-11,13-17,19-20,22-24,26,28-34,36-38,40-44,46-47,49-57H2,1-3H3,(H,73,74)/b12-9-,21-18-,27-25-,39-35-,48-45-. The smallest absolute Gasteiger partial charge is 0.335 e. The molecule has 1 fully saturated rings. The van der Waals surface area contributed by atoms with Crippen molar-refractivity contribution in [3.05, 3.63) is 60.8 Å². The van der Waals surface area contributed by atoms with Crippen molar-refractivity contribution in [3.8, 4) is 0 Å². The number of esters is 3. The quantitative estimate of drug-likeness (QED) is 0.0228. The maximum absolute atomic E-state index is 13.1. The van der Waals surface area contributed by atoms with Crippen molar-refractivity contribution in [3.63, 3.8) is 0 Å². The third-order valence-electron chi connectivity index (χ3n) is 14.6. The fraction of sp³-hybridized carbons (Fsp3) is 0.791. The van der Waals surface area contributed by atoms with Gasteiger partial charge in [0.15, 0.2) is 24.6 Å². The SMILES string of the molecule is CC/C=C\C/C=C\C/C=C\C/C=C\CCC(=O)OC(COC(=O)CCCCCCCCCCC/C=C\CCCCCCCC)COC1OC(C(=O)O)C(O)C(O)C1OC(=O)CCCCCCCCCCCCCCCCCCC. The topological polar surface area (TPSA) is 175 Å². The lowest BCUT2D eigenvalue weighted by atomic mass is 9.98. The van der Waals surface area contributed by atoms with Gasteiger partial charge in [0.05, 0.1) is 6.61 Å². The van der Waals surface area contributed by atoms with Crippen molar-refractivity contribution in [1.82, 2.24) is 0 Å². The highest BCUT2D eigenvalue weighted by Crippen LogP contribution is 2.27. The van der Waals surface area contributed by atoms with Gasteiger partial charge in [0.2, 0.25) is 0 Å². The van der Waals surface area contributed by atoms with Crippen LogP contribution < -0.4 is 0 Å². The summed E-state index contributed by atoms with van der Waals surface area (Å²) in [7, 11) is 0. The van der Waals surface area contributed by atoms with Crippen molar-refractivity contribution in [2.45, 2.75) is 327 Å². The third kappa shape index (κ3) is 44.7. The fourth-order valence-electron chi connectivity index (χ4n) is 9.67. The van der Waals surface area contributed by atoms with Gasteiger partial charge in [0, 0.05) is 19.3 Å². The molecule has 6 atom stereocenters. The molecule has 3 N–H and O–H groups in total. The number of hydrogen-bond donors (Lipinski definition) is 3. The molecule has 1 heterocycles. The van der Waals surface area contributed by atoms with Gasteiger partial charge in [0.25, 0.3) is 0 Å². The second kappa shape index (κ2) is 55.0. The monoisotopic (exact) mass is 1110 g/mol. The van der Waals surface area contributed by atoms with E-state index in [0.29, 0.717) is 25.7 Å². The Hall–Kier alpha value is -3.58. The van der Waals surface area contributed by atoms with E-state index in [1.165, 1.54) is 161 Å². The number of unbranched alkanes of at least 4 members (excludes halogenated alkanes) is 31. The van der Waals surface area contributed by atoms with Crippen LogP contribution in [0, 0.1) is 0 Å². The molecule has 1 aliphatic heterocycles. The number of hydrogen-bond acceptors (Lipinski definition) is 11. The van der Waals surface area contributed by atoms with E-state index in [-0.39, 0.29) is 25.9 Å². The van der Waals surface area contributed by atoms with Gasteiger partial charge in [0.1, 0.15) is 18.8 Å². The van der Waals surface area contributed by atoms with Crippen LogP contribution in [0.1, 0.15) is 290 Å². The van der Waals surface area contributed by atoms with Crippen molar-refractivity contribution < 1.29 is 58.2 Å². The van der Waals surface area contributed by atoms with Gasteiger partial charge in [-0.25, -0.2) is 4.79 Å². The van der Waals surface area contributed by atoms with Crippen LogP contribution in [-0.2, 0) is 42.9 Å². The van der Waals surface area contributed by atoms with Gasteiger partial charge in [-0.05, 0) is 70.6 Å². The van der Waals surface area contributed by atoms with E-state index in [9.17, 15) is 34.5 Å². The molecule has 1 saturated heterocycles. The Morgan fingerprint density at radius 2 is 0.823 bits per heavy atom. The molecular formula is C67H116O12. The first kappa shape index (κ1) is 73.4. The van der Waals surface area contributed by atoms with Crippen LogP contribution in [0.3, 0.4) is 0 Å². The Balaban J connectivity index is 2.66. The molecule has 0 aliphatic carbocycles. The van der Waals surface area contributed by atoms with Crippen LogP contribution in [0.2, 0.25) is 0 Å². The molecule has 1 rings (SSSR count). The molecule has 12 nitrogen and oxygen atoms in total. The lowest BCUT2D eigenvalue weighted by molar-refractivity contribution is -0.301. The van der Waals surface area contributed by atoms with Gasteiger partial charge < -0.3 is 39.0 Å². The van der Waals surface area contributed by atoms with Crippen molar-refractivity contribution in [1.29, 1.82) is 0 Å². The number of aliphatic hydroxyl groups is 2. The molecule has 0 aromatic carbocycles. The average molecular weight is 1110 g/mol. The summed E-state index contributed by atoms with van der Waals surface area (Å²) in [4.78, 5) is 51.2. The van der Waals surface area contributed by atoms with Gasteiger partial charge in [-0.1, -0.05) is 261 Å². The molecule has 456 valence electrons. The molecule has 0 saturated carbocycles. The van der Waals surface area contributed by atoms with E-state index in [0.717, 1.165) is 64.2 Å². The summed E-state index contributed by atoms with van der Waals surface area (Å²) in [6.45, 7) is 5.85. The molecule has 0 amide bonds. The third-order valence-corrected chi connectivity index (χ3v) is 14.6. The highest BCUT2D eigenvalue weighted by molar-refractivity contribution is 5.74. The van der Waals surface area contributed by atoms with Crippen molar-refractivity contribution in [2.24, 2.45) is 0 Å². The Kier molecular flexibility index (Phi) is 51.1. The van der Waals surface area contributed by atoms with Gasteiger partial charge in [-0.2, -0.15) is 0 Å². The summed E-state index contributed by atoms with van der Waals surface area (Å²) in [5.41, 5.74) is 0. The number of ether oxygens (including phenoxy) is 5. The minimum Gasteiger partial charge on any atom is -0.479 e. The number of carboxylic acid groups (broad SMARTS) is 1. The lowest BCUT2D eigenvalue weighted by Gasteiger charge is -2.40. The summed E-state index contributed by atoms with van der Waals surface area (Å²) >= 11 is 0. The van der Waals surface area contributed by atoms with Crippen LogP contribution in [-0.4, -0.2) is 89.2 Å². The second-order valence-electron chi connectivity index (χ2n) is 22.0. The lowest BCUT2D eigenvalue weighted by Crippen LogP contribution is -2.61. The average Bonchev–Trinajstić information content (AvgIpc) is 3.44. The maximum atomic E-state index is 13.1. The number of allylic oxidation sites excluding steroid dienone is 10. The van der Waals surface area contributed by atoms with Crippen LogP contribution >= 0.6 is 0 Å². The summed E-state index contributed by atoms with van der Waals surface area (Å²) in [6, 6.07) is 0. The largest absolute Gasteiger partial charge is 0.479 e. The Bertz CT molecular complexity index is 1600. The van der Waals surface area contributed by atoms with E-state index in [1.54, 1.807) is 0 Å². The zero-order valence-electron chi connectivity index (χ0n) is 50.4. The predicted molar refractivity (Wildman–Crippen MR) is 322 cm³/mol. The number of rotatable bonds is 55. The molecule has 1 aliphatic rings. The summed E-state index contributed by atoms with van der Waals surface area (Å²) in [5, 5.41) is 31.6. The minimum atomic E-state index is -1.91. The molecule has 79 heavy (non-hydrogen) atoms. The zero-order chi connectivity index (χ0) is 57.5. The number of carbonyl (C=O) groups excluding carboxylic acids is 3. The van der Waals surface area contributed by atoms with E-state index in [4.69, 9.17) is 23.7 Å². The van der Waals surface area contributed by atoms with E-state index < -0.39 is 67.3 Å². The van der Waals surface area contributed by atoms with Crippen molar-refractivity contribution in [2.75, 3.05) is 13.2 Å². The van der Waals surface area contributed by atoms with Crippen LogP contribution in [0.25, 0.3) is 0 Å². The van der Waals surface area contributed by atoms with Gasteiger partial charge >= 0.3 is 23.9 Å². The summed E-state index contributed by atoms with van der Waals surface area (Å²) in [5.74, 6) is -3.21. The highest BCUT2D eigenvalue weighted by Gasteiger charge is 2.50. The molecule has 0 radical (unpaired) electrons. The molecule has 6 unspecified atom stereocenters. The number of aliphatic carboxylic acids is 1. The normalized spacial score (nSPS) is 18.2. The fourth-order valence-corrected chi connectivity index (χ4v) is 9.67. The van der Waals surface area contributed by atoms with E-state index >= 15 is 0 Å². The van der Waals surface area contributed by atoms with E-state index in [2.05, 4.69) is 69.4 Å². The number of carboxylic acids is 1. The first-order chi connectivity index (χ1) is 38.6. The Morgan fingerprint density at radius 1 is 0.430 bits per heavy atom. The highest BCUT2D eigenvalue weighted by atomic mass is 16.7.